The number of halogens is 1. The first-order valence-electron chi connectivity index (χ1n) is 13.1. The van der Waals surface area contributed by atoms with Crippen molar-refractivity contribution in [3.63, 3.8) is 0 Å². The van der Waals surface area contributed by atoms with Gasteiger partial charge in [0.1, 0.15) is 5.82 Å². The monoisotopic (exact) mass is 520 g/mol. The number of nitrogens with zero attached hydrogens (tertiary/aromatic N) is 6. The minimum Gasteiger partial charge on any atom is -0.336 e. The lowest BCUT2D eigenvalue weighted by Gasteiger charge is -2.39. The van der Waals surface area contributed by atoms with Gasteiger partial charge in [0.05, 0.1) is 6.54 Å². The predicted molar refractivity (Wildman–Crippen MR) is 140 cm³/mol. The van der Waals surface area contributed by atoms with Crippen molar-refractivity contribution < 1.29 is 14.0 Å². The average Bonchev–Trinajstić information content (AvgIpc) is 3.34. The van der Waals surface area contributed by atoms with Crippen molar-refractivity contribution in [1.82, 2.24) is 35.3 Å². The Hall–Kier alpha value is -3.86. The fourth-order valence-corrected chi connectivity index (χ4v) is 5.38. The number of carbonyl (C=O) groups is 2. The molecule has 38 heavy (non-hydrogen) atoms. The standard InChI is InChI=1S/C27H33FN8O2/c1-34-26(31-32-33-34)20-6-4-7-23(15-20)29-27(38)30-24-8-3-2-5-21(24)17-35-13-14-36(25(37)18-35)16-19-9-11-22(28)12-10-19/h4,6-7,9-12,15,21,24H,2-3,5,8,13-14,16-18H2,1H3,(H2,29,30,38)/t21-,24+/m0/s1. The van der Waals surface area contributed by atoms with Gasteiger partial charge < -0.3 is 15.5 Å². The van der Waals surface area contributed by atoms with E-state index in [2.05, 4.69) is 31.1 Å². The summed E-state index contributed by atoms with van der Waals surface area (Å²) < 4.78 is 14.8. The first-order valence-corrected chi connectivity index (χ1v) is 13.1. The molecule has 1 aliphatic carbocycles. The minimum absolute atomic E-state index is 0.0437. The smallest absolute Gasteiger partial charge is 0.319 e. The molecule has 0 bridgehead atoms. The molecule has 10 nitrogen and oxygen atoms in total. The van der Waals surface area contributed by atoms with Gasteiger partial charge in [-0.3, -0.25) is 9.69 Å². The third-order valence-electron chi connectivity index (χ3n) is 7.40. The quantitative estimate of drug-likeness (QED) is 0.496. The summed E-state index contributed by atoms with van der Waals surface area (Å²) in [7, 11) is 1.77. The maximum absolute atomic E-state index is 13.2. The van der Waals surface area contributed by atoms with Crippen molar-refractivity contribution in [1.29, 1.82) is 0 Å². The molecule has 2 fully saturated rings. The van der Waals surface area contributed by atoms with Crippen LogP contribution < -0.4 is 10.6 Å². The molecule has 3 amide bonds. The second-order valence-electron chi connectivity index (χ2n) is 10.1. The molecular formula is C27H33FN8O2. The van der Waals surface area contributed by atoms with E-state index >= 15 is 0 Å². The molecule has 2 aromatic carbocycles. The second kappa shape index (κ2) is 11.7. The third kappa shape index (κ3) is 6.34. The van der Waals surface area contributed by atoms with Gasteiger partial charge in [0.15, 0.2) is 5.82 Å². The summed E-state index contributed by atoms with van der Waals surface area (Å²) in [5, 5.41) is 17.7. The number of nitrogens with one attached hydrogen (secondary N) is 2. The van der Waals surface area contributed by atoms with Gasteiger partial charge in [-0.2, -0.15) is 0 Å². The Morgan fingerprint density at radius 3 is 2.68 bits per heavy atom. The molecule has 1 aliphatic heterocycles. The van der Waals surface area contributed by atoms with Crippen LogP contribution in [0.4, 0.5) is 14.9 Å². The summed E-state index contributed by atoms with van der Waals surface area (Å²) >= 11 is 0. The van der Waals surface area contributed by atoms with Crippen LogP contribution in [0.2, 0.25) is 0 Å². The highest BCUT2D eigenvalue weighted by molar-refractivity contribution is 5.90. The van der Waals surface area contributed by atoms with Crippen molar-refractivity contribution in [2.75, 3.05) is 31.5 Å². The van der Waals surface area contributed by atoms with Gasteiger partial charge in [-0.05, 0) is 59.0 Å². The van der Waals surface area contributed by atoms with Crippen LogP contribution in [0, 0.1) is 11.7 Å². The van der Waals surface area contributed by atoms with Gasteiger partial charge in [0, 0.05) is 50.5 Å². The number of amides is 3. The largest absolute Gasteiger partial charge is 0.336 e. The van der Waals surface area contributed by atoms with Crippen molar-refractivity contribution in [2.45, 2.75) is 38.3 Å². The van der Waals surface area contributed by atoms with E-state index in [-0.39, 0.29) is 29.7 Å². The Morgan fingerprint density at radius 1 is 1.11 bits per heavy atom. The number of tetrazole rings is 1. The maximum Gasteiger partial charge on any atom is 0.319 e. The molecule has 1 saturated heterocycles. The number of piperazine rings is 1. The topological polar surface area (TPSA) is 108 Å². The van der Waals surface area contributed by atoms with Gasteiger partial charge in [-0.1, -0.05) is 37.1 Å². The second-order valence-corrected chi connectivity index (χ2v) is 10.1. The Bertz CT molecular complexity index is 1260. The summed E-state index contributed by atoms with van der Waals surface area (Å²) in [6.45, 7) is 3.05. The molecule has 2 N–H and O–H groups in total. The summed E-state index contributed by atoms with van der Waals surface area (Å²) in [5.41, 5.74) is 2.40. The van der Waals surface area contributed by atoms with E-state index in [1.54, 1.807) is 23.9 Å². The van der Waals surface area contributed by atoms with E-state index in [4.69, 9.17) is 0 Å². The number of anilines is 1. The van der Waals surface area contributed by atoms with E-state index < -0.39 is 0 Å². The van der Waals surface area contributed by atoms with Crippen molar-refractivity contribution in [3.05, 3.63) is 59.9 Å². The highest BCUT2D eigenvalue weighted by atomic mass is 19.1. The number of hydrogen-bond acceptors (Lipinski definition) is 6. The molecule has 0 unspecified atom stereocenters. The van der Waals surface area contributed by atoms with Crippen LogP contribution in [-0.4, -0.2) is 74.2 Å². The molecule has 2 atom stereocenters. The summed E-state index contributed by atoms with van der Waals surface area (Å²) in [4.78, 5) is 29.8. The fraction of sp³-hybridized carbons (Fsp3) is 0.444. The number of rotatable bonds is 7. The maximum atomic E-state index is 13.2. The van der Waals surface area contributed by atoms with E-state index in [0.717, 1.165) is 49.9 Å². The van der Waals surface area contributed by atoms with Crippen LogP contribution in [0.1, 0.15) is 31.2 Å². The van der Waals surface area contributed by atoms with Crippen LogP contribution in [-0.2, 0) is 18.4 Å². The zero-order valence-electron chi connectivity index (χ0n) is 21.5. The lowest BCUT2D eigenvalue weighted by atomic mass is 9.84. The molecule has 11 heteroatoms. The van der Waals surface area contributed by atoms with Gasteiger partial charge in [0.2, 0.25) is 5.91 Å². The zero-order chi connectivity index (χ0) is 26.5. The highest BCUT2D eigenvalue weighted by Gasteiger charge is 2.31. The number of aryl methyl sites for hydroxylation is 1. The molecule has 1 saturated carbocycles. The molecule has 5 rings (SSSR count). The molecule has 0 radical (unpaired) electrons. The van der Waals surface area contributed by atoms with Gasteiger partial charge in [0.25, 0.3) is 0 Å². The van der Waals surface area contributed by atoms with E-state index in [1.165, 1.54) is 12.1 Å². The molecular weight excluding hydrogens is 487 g/mol. The average molecular weight is 521 g/mol. The summed E-state index contributed by atoms with van der Waals surface area (Å²) in [6, 6.07) is 13.5. The van der Waals surface area contributed by atoms with Gasteiger partial charge in [-0.15, -0.1) is 5.10 Å². The lowest BCUT2D eigenvalue weighted by molar-refractivity contribution is -0.137. The third-order valence-corrected chi connectivity index (χ3v) is 7.40. The van der Waals surface area contributed by atoms with Crippen molar-refractivity contribution in [2.24, 2.45) is 13.0 Å². The Balaban J connectivity index is 1.14. The molecule has 0 spiro atoms. The number of carbonyl (C=O) groups excluding carboxylic acids is 2. The van der Waals surface area contributed by atoms with Crippen LogP contribution in [0.25, 0.3) is 11.4 Å². The summed E-state index contributed by atoms with van der Waals surface area (Å²) in [5.74, 6) is 0.703. The first-order chi connectivity index (χ1) is 18.4. The van der Waals surface area contributed by atoms with E-state index in [0.29, 0.717) is 31.1 Å². The van der Waals surface area contributed by atoms with Gasteiger partial charge >= 0.3 is 6.03 Å². The molecule has 2 heterocycles. The zero-order valence-corrected chi connectivity index (χ0v) is 21.5. The van der Waals surface area contributed by atoms with Crippen LogP contribution in [0.15, 0.2) is 48.5 Å². The highest BCUT2D eigenvalue weighted by Crippen LogP contribution is 2.26. The molecule has 1 aromatic heterocycles. The van der Waals surface area contributed by atoms with Crippen molar-refractivity contribution >= 4 is 17.6 Å². The number of aromatic nitrogens is 4. The minimum atomic E-state index is -0.276. The fourth-order valence-electron chi connectivity index (χ4n) is 5.38. The lowest BCUT2D eigenvalue weighted by Crippen LogP contribution is -2.53. The Kier molecular flexibility index (Phi) is 7.92. The van der Waals surface area contributed by atoms with E-state index in [9.17, 15) is 14.0 Å². The Labute approximate surface area is 221 Å². The number of hydrogen-bond donors (Lipinski definition) is 2. The first kappa shape index (κ1) is 25.8. The molecule has 2 aliphatic rings. The SMILES string of the molecule is Cn1nnnc1-c1cccc(NC(=O)N[C@@H]2CCCC[C@H]2CN2CCN(Cc3ccc(F)cc3)C(=O)C2)c1. The Morgan fingerprint density at radius 2 is 1.92 bits per heavy atom. The van der Waals surface area contributed by atoms with Crippen LogP contribution >= 0.6 is 0 Å². The van der Waals surface area contributed by atoms with E-state index in [1.807, 2.05) is 29.2 Å². The number of urea groups is 1. The molecule has 3 aromatic rings. The molecule has 200 valence electrons. The van der Waals surface area contributed by atoms with Crippen LogP contribution in [0.3, 0.4) is 0 Å². The normalized spacial score (nSPS) is 20.4. The summed E-state index contributed by atoms with van der Waals surface area (Å²) in [6.07, 6.45) is 4.13. The number of benzene rings is 2. The van der Waals surface area contributed by atoms with Crippen LogP contribution in [0.5, 0.6) is 0 Å². The van der Waals surface area contributed by atoms with Crippen molar-refractivity contribution in [3.8, 4) is 11.4 Å². The van der Waals surface area contributed by atoms with Gasteiger partial charge in [-0.25, -0.2) is 13.9 Å². The predicted octanol–water partition coefficient (Wildman–Crippen LogP) is 3.04.